The summed E-state index contributed by atoms with van der Waals surface area (Å²) in [5.74, 6) is 0. The number of pyridine rings is 1. The fourth-order valence-corrected chi connectivity index (χ4v) is 2.44. The first kappa shape index (κ1) is 12.8. The molecule has 0 bridgehead atoms. The minimum atomic E-state index is 0.597. The van der Waals surface area contributed by atoms with Crippen molar-refractivity contribution in [2.75, 3.05) is 0 Å². The van der Waals surface area contributed by atoms with Gasteiger partial charge in [0, 0.05) is 28.1 Å². The van der Waals surface area contributed by atoms with E-state index in [1.807, 2.05) is 42.5 Å². The van der Waals surface area contributed by atoms with E-state index in [9.17, 15) is 4.79 Å². The summed E-state index contributed by atoms with van der Waals surface area (Å²) in [4.78, 5) is 15.7. The van der Waals surface area contributed by atoms with E-state index < -0.39 is 0 Å². The lowest BCUT2D eigenvalue weighted by molar-refractivity contribution is 0.112. The number of carbonyl (C=O) groups is 1. The second-order valence-electron chi connectivity index (χ2n) is 4.63. The molecule has 0 saturated carbocycles. The second kappa shape index (κ2) is 5.43. The highest BCUT2D eigenvalue weighted by Gasteiger charge is 2.06. The molecule has 2 aromatic carbocycles. The zero-order valence-corrected chi connectivity index (χ0v) is 11.5. The number of hydrogen-bond donors (Lipinski definition) is 0. The van der Waals surface area contributed by atoms with E-state index in [-0.39, 0.29) is 0 Å². The van der Waals surface area contributed by atoms with Crippen LogP contribution in [0.25, 0.3) is 10.9 Å². The summed E-state index contributed by atoms with van der Waals surface area (Å²) in [5, 5.41) is 1.74. The van der Waals surface area contributed by atoms with Gasteiger partial charge in [0.25, 0.3) is 0 Å². The predicted octanol–water partition coefficient (Wildman–Crippen LogP) is 4.29. The van der Waals surface area contributed by atoms with Crippen LogP contribution >= 0.6 is 11.6 Å². The van der Waals surface area contributed by atoms with Gasteiger partial charge in [0.05, 0.1) is 5.52 Å². The van der Waals surface area contributed by atoms with Crippen molar-refractivity contribution in [2.45, 2.75) is 6.42 Å². The molecular weight excluding hydrogens is 270 g/mol. The molecule has 3 heteroatoms. The highest BCUT2D eigenvalue weighted by Crippen LogP contribution is 2.19. The topological polar surface area (TPSA) is 30.0 Å². The zero-order chi connectivity index (χ0) is 13.9. The van der Waals surface area contributed by atoms with Gasteiger partial charge in [-0.1, -0.05) is 35.9 Å². The Hall–Kier alpha value is -2.19. The third-order valence-corrected chi connectivity index (χ3v) is 3.49. The van der Waals surface area contributed by atoms with Crippen LogP contribution in [0.1, 0.15) is 21.6 Å². The number of nitrogens with zero attached hydrogens (tertiary/aromatic N) is 1. The summed E-state index contributed by atoms with van der Waals surface area (Å²) < 4.78 is 0. The normalized spacial score (nSPS) is 10.7. The smallest absolute Gasteiger partial charge is 0.150 e. The molecule has 0 N–H and O–H groups in total. The van der Waals surface area contributed by atoms with Gasteiger partial charge in [0.1, 0.15) is 6.29 Å². The molecule has 0 unspecified atom stereocenters. The highest BCUT2D eigenvalue weighted by atomic mass is 35.5. The third kappa shape index (κ3) is 2.56. The van der Waals surface area contributed by atoms with Gasteiger partial charge in [-0.3, -0.25) is 9.78 Å². The van der Waals surface area contributed by atoms with E-state index in [0.29, 0.717) is 17.0 Å². The van der Waals surface area contributed by atoms with Crippen molar-refractivity contribution in [3.63, 3.8) is 0 Å². The molecule has 20 heavy (non-hydrogen) atoms. The van der Waals surface area contributed by atoms with Gasteiger partial charge < -0.3 is 0 Å². The number of halogens is 1. The molecule has 98 valence electrons. The van der Waals surface area contributed by atoms with Gasteiger partial charge in [0.15, 0.2) is 0 Å². The number of carbonyl (C=O) groups excluding carboxylic acids is 1. The molecule has 0 saturated heterocycles. The van der Waals surface area contributed by atoms with E-state index in [1.165, 1.54) is 0 Å². The average molecular weight is 282 g/mol. The van der Waals surface area contributed by atoms with Gasteiger partial charge in [0.2, 0.25) is 0 Å². The van der Waals surface area contributed by atoms with Crippen LogP contribution in [0.2, 0.25) is 5.02 Å². The average Bonchev–Trinajstić information content (AvgIpc) is 2.47. The molecule has 1 heterocycles. The van der Waals surface area contributed by atoms with Gasteiger partial charge in [-0.25, -0.2) is 0 Å². The fraction of sp³-hybridized carbons (Fsp3) is 0.0588. The maximum Gasteiger partial charge on any atom is 0.150 e. The molecule has 0 spiro atoms. The van der Waals surface area contributed by atoms with Crippen molar-refractivity contribution < 1.29 is 4.79 Å². The molecule has 0 aliphatic carbocycles. The first-order valence-corrected chi connectivity index (χ1v) is 6.72. The number of para-hydroxylation sites is 1. The number of fused-ring (bicyclic) bond motifs is 1. The molecule has 1 aromatic heterocycles. The molecule has 0 aliphatic rings. The van der Waals surface area contributed by atoms with E-state index in [2.05, 4.69) is 4.98 Å². The van der Waals surface area contributed by atoms with Gasteiger partial charge in [-0.2, -0.15) is 0 Å². The van der Waals surface area contributed by atoms with Crippen molar-refractivity contribution in [3.8, 4) is 0 Å². The van der Waals surface area contributed by atoms with Crippen molar-refractivity contribution in [2.24, 2.45) is 0 Å². The molecule has 0 amide bonds. The number of benzene rings is 2. The Bertz CT molecular complexity index is 783. The molecule has 0 fully saturated rings. The van der Waals surface area contributed by atoms with Crippen LogP contribution < -0.4 is 0 Å². The Morgan fingerprint density at radius 2 is 1.90 bits per heavy atom. The largest absolute Gasteiger partial charge is 0.298 e. The lowest BCUT2D eigenvalue weighted by Crippen LogP contribution is -1.97. The summed E-state index contributed by atoms with van der Waals surface area (Å²) in [6.07, 6.45) is 1.45. The summed E-state index contributed by atoms with van der Waals surface area (Å²) in [6, 6.07) is 17.3. The molecule has 0 atom stereocenters. The van der Waals surface area contributed by atoms with Crippen molar-refractivity contribution in [1.29, 1.82) is 0 Å². The van der Waals surface area contributed by atoms with Crippen LogP contribution in [-0.4, -0.2) is 11.3 Å². The van der Waals surface area contributed by atoms with E-state index >= 15 is 0 Å². The van der Waals surface area contributed by atoms with Crippen LogP contribution in [0, 0.1) is 0 Å². The molecule has 2 nitrogen and oxygen atoms in total. The van der Waals surface area contributed by atoms with Crippen LogP contribution in [0.15, 0.2) is 54.6 Å². The molecule has 3 rings (SSSR count). The molecule has 0 aliphatic heterocycles. The second-order valence-corrected chi connectivity index (χ2v) is 5.07. The van der Waals surface area contributed by atoms with E-state index in [4.69, 9.17) is 11.6 Å². The van der Waals surface area contributed by atoms with Gasteiger partial charge in [-0.15, -0.1) is 0 Å². The monoisotopic (exact) mass is 281 g/mol. The first-order chi connectivity index (χ1) is 9.76. The first-order valence-electron chi connectivity index (χ1n) is 6.34. The van der Waals surface area contributed by atoms with Crippen LogP contribution in [-0.2, 0) is 6.42 Å². The molecule has 3 aromatic rings. The summed E-state index contributed by atoms with van der Waals surface area (Å²) in [5.41, 5.74) is 3.44. The lowest BCUT2D eigenvalue weighted by Gasteiger charge is -2.06. The fourth-order valence-electron chi connectivity index (χ4n) is 2.24. The van der Waals surface area contributed by atoms with Crippen LogP contribution in [0.3, 0.4) is 0 Å². The lowest BCUT2D eigenvalue weighted by atomic mass is 10.0. The Kier molecular flexibility index (Phi) is 3.48. The summed E-state index contributed by atoms with van der Waals surface area (Å²) in [7, 11) is 0. The number of aromatic nitrogens is 1. The summed E-state index contributed by atoms with van der Waals surface area (Å²) in [6.45, 7) is 0. The standard InChI is InChI=1S/C17H12ClNO/c18-15-7-5-13(11-20)14(9-15)10-16-8-6-12-3-1-2-4-17(12)19-16/h1-9,11H,10H2. The van der Waals surface area contributed by atoms with Crippen molar-refractivity contribution >= 4 is 28.8 Å². The Morgan fingerprint density at radius 3 is 2.75 bits per heavy atom. The maximum atomic E-state index is 11.1. The van der Waals surface area contributed by atoms with Crippen LogP contribution in [0.5, 0.6) is 0 Å². The quantitative estimate of drug-likeness (QED) is 0.670. The maximum absolute atomic E-state index is 11.1. The number of aldehydes is 1. The zero-order valence-electron chi connectivity index (χ0n) is 10.7. The summed E-state index contributed by atoms with van der Waals surface area (Å²) >= 11 is 6.00. The Morgan fingerprint density at radius 1 is 1.05 bits per heavy atom. The van der Waals surface area contributed by atoms with Crippen LogP contribution in [0.4, 0.5) is 0 Å². The van der Waals surface area contributed by atoms with Crippen molar-refractivity contribution in [1.82, 2.24) is 4.98 Å². The number of hydrogen-bond acceptors (Lipinski definition) is 2. The molecular formula is C17H12ClNO. The van der Waals surface area contributed by atoms with Gasteiger partial charge in [-0.05, 0) is 35.9 Å². The number of rotatable bonds is 3. The SMILES string of the molecule is O=Cc1ccc(Cl)cc1Cc1ccc2ccccc2n1. The van der Waals surface area contributed by atoms with E-state index in [0.717, 1.165) is 28.4 Å². The minimum absolute atomic E-state index is 0.597. The Balaban J connectivity index is 2.00. The van der Waals surface area contributed by atoms with Gasteiger partial charge >= 0.3 is 0 Å². The third-order valence-electron chi connectivity index (χ3n) is 3.26. The predicted molar refractivity (Wildman–Crippen MR) is 81.4 cm³/mol. The highest BCUT2D eigenvalue weighted by molar-refractivity contribution is 6.30. The Labute approximate surface area is 122 Å². The molecule has 0 radical (unpaired) electrons. The van der Waals surface area contributed by atoms with Crippen molar-refractivity contribution in [3.05, 3.63) is 76.4 Å². The van der Waals surface area contributed by atoms with E-state index in [1.54, 1.807) is 12.1 Å². The minimum Gasteiger partial charge on any atom is -0.298 e.